The van der Waals surface area contributed by atoms with E-state index in [4.69, 9.17) is 5.11 Å². The van der Waals surface area contributed by atoms with Crippen LogP contribution in [-0.2, 0) is 18.9 Å². The van der Waals surface area contributed by atoms with Crippen molar-refractivity contribution in [1.82, 2.24) is 15.1 Å². The Morgan fingerprint density at radius 2 is 1.86 bits per heavy atom. The van der Waals surface area contributed by atoms with Gasteiger partial charge in [0.25, 0.3) is 5.24 Å². The van der Waals surface area contributed by atoms with Crippen LogP contribution in [0.25, 0.3) is 17.0 Å². The number of carbonyl (C=O) groups excluding carboxylic acids is 1. The van der Waals surface area contributed by atoms with E-state index in [0.717, 1.165) is 17.8 Å². The molecule has 0 atom stereocenters. The Hall–Kier alpha value is -3.32. The summed E-state index contributed by atoms with van der Waals surface area (Å²) in [6, 6.07) is 6.61. The Labute approximate surface area is 204 Å². The molecular formula is C23H18F6N4O2S. The first-order valence-corrected chi connectivity index (χ1v) is 11.4. The zero-order chi connectivity index (χ0) is 26.1. The molecule has 2 heterocycles. The molecule has 2 N–H and O–H groups in total. The topological polar surface area (TPSA) is 79.5 Å². The number of aliphatic imine (C=N–C) groups is 1. The minimum absolute atomic E-state index is 0.0332. The van der Waals surface area contributed by atoms with E-state index in [2.05, 4.69) is 15.4 Å². The number of aliphatic hydroxyl groups excluding tert-OH is 1. The summed E-state index contributed by atoms with van der Waals surface area (Å²) in [5.41, 5.74) is -1.94. The molecule has 6 nitrogen and oxygen atoms in total. The normalized spacial score (nSPS) is 16.9. The van der Waals surface area contributed by atoms with Gasteiger partial charge in [-0.15, -0.1) is 0 Å². The standard InChI is InChI=1S/C23H18F6N4O2S/c24-22(25,26)16-4-3-14(17(10-16)23(27,28)29)11-33-12-15-8-13(2-5-18(15)32-33)9-19-20(30-6-1-7-34)31-21(35)36-19/h2-5,8-10,12,34H,1,6-7,11H2,(H,30,31,35)/b19-9-. The largest absolute Gasteiger partial charge is 0.416 e. The number of thioether (sulfide) groups is 1. The van der Waals surface area contributed by atoms with E-state index in [0.29, 0.717) is 46.2 Å². The number of nitrogens with one attached hydrogen (secondary N) is 1. The fourth-order valence-electron chi connectivity index (χ4n) is 3.56. The van der Waals surface area contributed by atoms with Gasteiger partial charge in [-0.2, -0.15) is 31.4 Å². The van der Waals surface area contributed by atoms with Gasteiger partial charge in [0.2, 0.25) is 0 Å². The average Bonchev–Trinajstić information content (AvgIpc) is 3.34. The summed E-state index contributed by atoms with van der Waals surface area (Å²) in [5, 5.41) is 16.1. The minimum Gasteiger partial charge on any atom is -0.396 e. The fraction of sp³-hybridized carbons (Fsp3) is 0.261. The van der Waals surface area contributed by atoms with Gasteiger partial charge in [-0.25, -0.2) is 0 Å². The summed E-state index contributed by atoms with van der Waals surface area (Å²) < 4.78 is 80.4. The van der Waals surface area contributed by atoms with E-state index in [1.54, 1.807) is 24.3 Å². The fourth-order valence-corrected chi connectivity index (χ4v) is 4.31. The predicted octanol–water partition coefficient (Wildman–Crippen LogP) is 5.70. The molecule has 3 aromatic rings. The van der Waals surface area contributed by atoms with Crippen LogP contribution >= 0.6 is 11.8 Å². The minimum atomic E-state index is -4.97. The number of carbonyl (C=O) groups is 1. The van der Waals surface area contributed by atoms with Crippen molar-refractivity contribution in [3.8, 4) is 0 Å². The van der Waals surface area contributed by atoms with Crippen molar-refractivity contribution in [2.45, 2.75) is 25.3 Å². The third kappa shape index (κ3) is 5.90. The quantitative estimate of drug-likeness (QED) is 0.318. The Morgan fingerprint density at radius 1 is 1.08 bits per heavy atom. The van der Waals surface area contributed by atoms with Crippen LogP contribution in [0.2, 0.25) is 0 Å². The molecule has 0 aliphatic carbocycles. The van der Waals surface area contributed by atoms with Crippen molar-refractivity contribution in [2.75, 3.05) is 13.2 Å². The second kappa shape index (κ2) is 9.97. The van der Waals surface area contributed by atoms with Gasteiger partial charge < -0.3 is 10.4 Å². The van der Waals surface area contributed by atoms with Crippen LogP contribution in [-0.4, -0.2) is 39.1 Å². The van der Waals surface area contributed by atoms with E-state index >= 15 is 0 Å². The second-order valence-electron chi connectivity index (χ2n) is 7.84. The number of nitrogens with zero attached hydrogens (tertiary/aromatic N) is 3. The Kier molecular flexibility index (Phi) is 7.14. The lowest BCUT2D eigenvalue weighted by molar-refractivity contribution is -0.143. The molecular weight excluding hydrogens is 510 g/mol. The molecule has 0 saturated carbocycles. The molecule has 2 aromatic carbocycles. The number of aliphatic hydroxyl groups is 1. The van der Waals surface area contributed by atoms with Crippen LogP contribution in [0.3, 0.4) is 0 Å². The van der Waals surface area contributed by atoms with Gasteiger partial charge in [0, 0.05) is 24.7 Å². The number of fused-ring (bicyclic) bond motifs is 1. The molecule has 1 aliphatic rings. The van der Waals surface area contributed by atoms with Crippen molar-refractivity contribution in [3.63, 3.8) is 0 Å². The van der Waals surface area contributed by atoms with E-state index < -0.39 is 23.5 Å². The number of aromatic nitrogens is 2. The number of rotatable bonds is 6. The highest BCUT2D eigenvalue weighted by Gasteiger charge is 2.38. The van der Waals surface area contributed by atoms with Gasteiger partial charge in [0.15, 0.2) is 0 Å². The highest BCUT2D eigenvalue weighted by Crippen LogP contribution is 2.37. The van der Waals surface area contributed by atoms with Crippen LogP contribution in [0.5, 0.6) is 0 Å². The molecule has 190 valence electrons. The first-order chi connectivity index (χ1) is 16.9. The number of amidine groups is 1. The van der Waals surface area contributed by atoms with Crippen molar-refractivity contribution >= 4 is 39.8 Å². The van der Waals surface area contributed by atoms with E-state index in [-0.39, 0.29) is 30.0 Å². The SMILES string of the molecule is O=C1NC(=NCCCO)/C(=C/c2ccc3nn(Cc4ccc(C(F)(F)F)cc4C(F)(F)F)cc3c2)S1. The highest BCUT2D eigenvalue weighted by molar-refractivity contribution is 8.18. The Balaban J connectivity index is 1.62. The molecule has 13 heteroatoms. The van der Waals surface area contributed by atoms with Crippen LogP contribution in [0.4, 0.5) is 31.1 Å². The summed E-state index contributed by atoms with van der Waals surface area (Å²) in [6.45, 7) is -0.0811. The van der Waals surface area contributed by atoms with Crippen molar-refractivity contribution in [2.24, 2.45) is 4.99 Å². The predicted molar refractivity (Wildman–Crippen MR) is 123 cm³/mol. The number of hydrogen-bond acceptors (Lipinski definition) is 5. The molecule has 4 rings (SSSR count). The van der Waals surface area contributed by atoms with Gasteiger partial charge in [0.1, 0.15) is 5.84 Å². The summed E-state index contributed by atoms with van der Waals surface area (Å²) in [7, 11) is 0. The van der Waals surface area contributed by atoms with E-state index in [9.17, 15) is 31.1 Å². The molecule has 1 aliphatic heterocycles. The maximum atomic E-state index is 13.5. The molecule has 0 bridgehead atoms. The monoisotopic (exact) mass is 528 g/mol. The summed E-state index contributed by atoms with van der Waals surface area (Å²) in [4.78, 5) is 16.6. The zero-order valence-corrected chi connectivity index (χ0v) is 19.1. The van der Waals surface area contributed by atoms with Crippen molar-refractivity contribution in [3.05, 3.63) is 69.8 Å². The van der Waals surface area contributed by atoms with Crippen LogP contribution in [0, 0.1) is 0 Å². The van der Waals surface area contributed by atoms with Crippen LogP contribution in [0.1, 0.15) is 28.7 Å². The Bertz CT molecular complexity index is 1360. The first kappa shape index (κ1) is 25.8. The van der Waals surface area contributed by atoms with Gasteiger partial charge in [-0.3, -0.25) is 14.5 Å². The third-order valence-electron chi connectivity index (χ3n) is 5.19. The average molecular weight is 528 g/mol. The lowest BCUT2D eigenvalue weighted by Gasteiger charge is -2.16. The first-order valence-electron chi connectivity index (χ1n) is 10.5. The van der Waals surface area contributed by atoms with Gasteiger partial charge in [0.05, 0.1) is 28.1 Å². The lowest BCUT2D eigenvalue weighted by Crippen LogP contribution is -2.19. The molecule has 36 heavy (non-hydrogen) atoms. The maximum absolute atomic E-state index is 13.5. The zero-order valence-electron chi connectivity index (χ0n) is 18.3. The van der Waals surface area contributed by atoms with Crippen molar-refractivity contribution in [1.29, 1.82) is 0 Å². The lowest BCUT2D eigenvalue weighted by atomic mass is 10.0. The third-order valence-corrected chi connectivity index (χ3v) is 6.01. The Morgan fingerprint density at radius 3 is 2.56 bits per heavy atom. The summed E-state index contributed by atoms with van der Waals surface area (Å²) >= 11 is 0.956. The number of amides is 1. The maximum Gasteiger partial charge on any atom is 0.416 e. The van der Waals surface area contributed by atoms with Crippen LogP contribution in [0.15, 0.2) is 52.5 Å². The number of alkyl halides is 6. The molecule has 0 spiro atoms. The number of halogens is 6. The molecule has 1 aromatic heterocycles. The number of benzene rings is 2. The van der Waals surface area contributed by atoms with E-state index in [1.165, 1.54) is 10.9 Å². The molecule has 1 amide bonds. The highest BCUT2D eigenvalue weighted by atomic mass is 32.2. The molecule has 1 saturated heterocycles. The molecule has 1 fully saturated rings. The van der Waals surface area contributed by atoms with E-state index in [1.807, 2.05) is 0 Å². The van der Waals surface area contributed by atoms with Gasteiger partial charge >= 0.3 is 12.4 Å². The second-order valence-corrected chi connectivity index (χ2v) is 8.86. The molecule has 0 radical (unpaired) electrons. The summed E-state index contributed by atoms with van der Waals surface area (Å²) in [5.74, 6) is 0.385. The number of hydrogen-bond donors (Lipinski definition) is 2. The van der Waals surface area contributed by atoms with Crippen LogP contribution < -0.4 is 5.32 Å². The molecule has 0 unspecified atom stereocenters. The smallest absolute Gasteiger partial charge is 0.396 e. The summed E-state index contributed by atoms with van der Waals surface area (Å²) in [6.07, 6.45) is -6.21. The van der Waals surface area contributed by atoms with Crippen molar-refractivity contribution < 1.29 is 36.2 Å². The van der Waals surface area contributed by atoms with Gasteiger partial charge in [-0.05, 0) is 59.7 Å². The van der Waals surface area contributed by atoms with Gasteiger partial charge in [-0.1, -0.05) is 12.1 Å².